The number of rotatable bonds is 8. The van der Waals surface area contributed by atoms with Crippen LogP contribution in [0.2, 0.25) is 0 Å². The molecule has 1 rings (SSSR count). The Hall–Kier alpha value is -2.24. The highest BCUT2D eigenvalue weighted by Gasteiger charge is 2.12. The standard InChI is InChI=1S/C21H36N4O2/c1-13(2)10-16(6)22-20(26)24-18-9-8-15(5)19(12-18)25-21(27)23-17(7)11-14(3)4/h8-9,12-14,16-17H,10-11H2,1-7H3,(H2,22,24,26)(H2,23,25,27)/t16-,17-/m0/s1. The van der Waals surface area contributed by atoms with Crippen molar-refractivity contribution < 1.29 is 9.59 Å². The second-order valence-corrected chi connectivity index (χ2v) is 8.29. The summed E-state index contributed by atoms with van der Waals surface area (Å²) in [6.45, 7) is 14.4. The highest BCUT2D eigenvalue weighted by molar-refractivity contribution is 5.93. The minimum absolute atomic E-state index is 0.0971. The number of nitrogens with one attached hydrogen (secondary N) is 4. The zero-order valence-electron chi connectivity index (χ0n) is 17.8. The van der Waals surface area contributed by atoms with E-state index in [0.717, 1.165) is 18.4 Å². The van der Waals surface area contributed by atoms with Gasteiger partial charge in [-0.15, -0.1) is 0 Å². The van der Waals surface area contributed by atoms with Crippen molar-refractivity contribution >= 4 is 23.4 Å². The minimum atomic E-state index is -0.243. The van der Waals surface area contributed by atoms with Crippen molar-refractivity contribution in [2.75, 3.05) is 10.6 Å². The molecule has 152 valence electrons. The van der Waals surface area contributed by atoms with Gasteiger partial charge in [0.1, 0.15) is 0 Å². The quantitative estimate of drug-likeness (QED) is 0.508. The van der Waals surface area contributed by atoms with Crippen LogP contribution in [0.15, 0.2) is 18.2 Å². The summed E-state index contributed by atoms with van der Waals surface area (Å²) in [4.78, 5) is 24.4. The van der Waals surface area contributed by atoms with E-state index in [9.17, 15) is 9.59 Å². The molecule has 0 radical (unpaired) electrons. The van der Waals surface area contributed by atoms with Gasteiger partial charge in [0, 0.05) is 23.5 Å². The molecule has 0 aliphatic rings. The third-order valence-electron chi connectivity index (χ3n) is 4.15. The number of hydrogen-bond donors (Lipinski definition) is 4. The minimum Gasteiger partial charge on any atom is -0.335 e. The molecule has 0 saturated heterocycles. The van der Waals surface area contributed by atoms with Crippen LogP contribution in [0, 0.1) is 18.8 Å². The maximum absolute atomic E-state index is 12.2. The first kappa shape index (κ1) is 22.8. The highest BCUT2D eigenvalue weighted by Crippen LogP contribution is 2.20. The van der Waals surface area contributed by atoms with Gasteiger partial charge in [-0.05, 0) is 63.1 Å². The van der Waals surface area contributed by atoms with Crippen LogP contribution in [0.1, 0.15) is 59.9 Å². The van der Waals surface area contributed by atoms with Gasteiger partial charge in [0.05, 0.1) is 0 Å². The van der Waals surface area contributed by atoms with Crippen molar-refractivity contribution in [2.45, 2.75) is 73.4 Å². The van der Waals surface area contributed by atoms with E-state index in [1.807, 2.05) is 32.9 Å². The Morgan fingerprint density at radius 3 is 1.78 bits per heavy atom. The predicted octanol–water partition coefficient (Wildman–Crippen LogP) is 5.11. The molecule has 4 N–H and O–H groups in total. The molecule has 6 nitrogen and oxygen atoms in total. The summed E-state index contributed by atoms with van der Waals surface area (Å²) >= 11 is 0. The summed E-state index contributed by atoms with van der Waals surface area (Å²) in [7, 11) is 0. The molecule has 4 amide bonds. The third kappa shape index (κ3) is 9.31. The molecule has 0 aliphatic carbocycles. The molecule has 0 bridgehead atoms. The lowest BCUT2D eigenvalue weighted by atomic mass is 10.1. The van der Waals surface area contributed by atoms with Gasteiger partial charge in [0.15, 0.2) is 0 Å². The van der Waals surface area contributed by atoms with Crippen LogP contribution in [0.3, 0.4) is 0 Å². The Kier molecular flexibility index (Phi) is 9.12. The zero-order chi connectivity index (χ0) is 20.6. The molecule has 0 saturated carbocycles. The first-order valence-electron chi connectivity index (χ1n) is 9.82. The van der Waals surface area contributed by atoms with Crippen LogP contribution in [-0.4, -0.2) is 24.1 Å². The molecule has 0 aromatic heterocycles. The van der Waals surface area contributed by atoms with E-state index in [4.69, 9.17) is 0 Å². The molecule has 0 spiro atoms. The molecule has 2 atom stereocenters. The van der Waals surface area contributed by atoms with Crippen LogP contribution in [0.5, 0.6) is 0 Å². The van der Waals surface area contributed by atoms with Gasteiger partial charge in [-0.3, -0.25) is 0 Å². The average molecular weight is 377 g/mol. The van der Waals surface area contributed by atoms with Crippen LogP contribution in [-0.2, 0) is 0 Å². The molecule has 1 aromatic rings. The number of anilines is 2. The van der Waals surface area contributed by atoms with E-state index in [1.54, 1.807) is 6.07 Å². The second-order valence-electron chi connectivity index (χ2n) is 8.29. The molecule has 0 unspecified atom stereocenters. The maximum Gasteiger partial charge on any atom is 0.319 e. The molecule has 6 heteroatoms. The van der Waals surface area contributed by atoms with Crippen molar-refractivity contribution in [3.63, 3.8) is 0 Å². The van der Waals surface area contributed by atoms with Gasteiger partial charge in [-0.1, -0.05) is 33.8 Å². The van der Waals surface area contributed by atoms with Crippen molar-refractivity contribution in [2.24, 2.45) is 11.8 Å². The van der Waals surface area contributed by atoms with Gasteiger partial charge in [-0.25, -0.2) is 9.59 Å². The first-order chi connectivity index (χ1) is 12.6. The maximum atomic E-state index is 12.2. The van der Waals surface area contributed by atoms with Crippen molar-refractivity contribution in [3.8, 4) is 0 Å². The normalized spacial score (nSPS) is 13.2. The zero-order valence-corrected chi connectivity index (χ0v) is 17.8. The number of carbonyl (C=O) groups is 2. The monoisotopic (exact) mass is 376 g/mol. The summed E-state index contributed by atoms with van der Waals surface area (Å²) in [5.74, 6) is 1.04. The largest absolute Gasteiger partial charge is 0.335 e. The topological polar surface area (TPSA) is 82.3 Å². The average Bonchev–Trinajstić information content (AvgIpc) is 2.48. The number of benzene rings is 1. The van der Waals surface area contributed by atoms with E-state index < -0.39 is 0 Å². The molecule has 0 fully saturated rings. The van der Waals surface area contributed by atoms with Crippen molar-refractivity contribution in [1.82, 2.24) is 10.6 Å². The smallest absolute Gasteiger partial charge is 0.319 e. The summed E-state index contributed by atoms with van der Waals surface area (Å²) < 4.78 is 0. The van der Waals surface area contributed by atoms with Gasteiger partial charge in [-0.2, -0.15) is 0 Å². The van der Waals surface area contributed by atoms with E-state index >= 15 is 0 Å². The Morgan fingerprint density at radius 1 is 0.815 bits per heavy atom. The fourth-order valence-corrected chi connectivity index (χ4v) is 3.14. The fraction of sp³-hybridized carbons (Fsp3) is 0.619. The SMILES string of the molecule is Cc1ccc(NC(=O)N[C@@H](C)CC(C)C)cc1NC(=O)N[C@@H](C)CC(C)C. The highest BCUT2D eigenvalue weighted by atomic mass is 16.2. The van der Waals surface area contributed by atoms with Gasteiger partial charge >= 0.3 is 12.1 Å². The number of urea groups is 2. The lowest BCUT2D eigenvalue weighted by Crippen LogP contribution is -2.37. The van der Waals surface area contributed by atoms with Gasteiger partial charge in [0.2, 0.25) is 0 Å². The molecule has 1 aromatic carbocycles. The van der Waals surface area contributed by atoms with E-state index in [1.165, 1.54) is 0 Å². The third-order valence-corrected chi connectivity index (χ3v) is 4.15. The number of aryl methyl sites for hydroxylation is 1. The summed E-state index contributed by atoms with van der Waals surface area (Å²) in [5, 5.41) is 11.6. The van der Waals surface area contributed by atoms with Crippen molar-refractivity contribution in [3.05, 3.63) is 23.8 Å². The van der Waals surface area contributed by atoms with Crippen LogP contribution in [0.4, 0.5) is 21.0 Å². The van der Waals surface area contributed by atoms with Crippen molar-refractivity contribution in [1.29, 1.82) is 0 Å². The van der Waals surface area contributed by atoms with E-state index in [-0.39, 0.29) is 24.1 Å². The molecule has 0 aliphatic heterocycles. The Balaban J connectivity index is 2.66. The number of carbonyl (C=O) groups excluding carboxylic acids is 2. The Morgan fingerprint density at radius 2 is 1.30 bits per heavy atom. The fourth-order valence-electron chi connectivity index (χ4n) is 3.14. The number of hydrogen-bond acceptors (Lipinski definition) is 2. The second kappa shape index (κ2) is 10.8. The number of amides is 4. The Labute approximate surface area is 163 Å². The first-order valence-corrected chi connectivity index (χ1v) is 9.82. The van der Waals surface area contributed by atoms with Crippen LogP contribution >= 0.6 is 0 Å². The predicted molar refractivity (Wildman–Crippen MR) is 113 cm³/mol. The lowest BCUT2D eigenvalue weighted by molar-refractivity contribution is 0.246. The lowest BCUT2D eigenvalue weighted by Gasteiger charge is -2.18. The molecule has 27 heavy (non-hydrogen) atoms. The summed E-state index contributed by atoms with van der Waals surface area (Å²) in [6, 6.07) is 5.19. The Bertz CT molecular complexity index is 629. The van der Waals surface area contributed by atoms with Crippen LogP contribution < -0.4 is 21.3 Å². The molecule has 0 heterocycles. The van der Waals surface area contributed by atoms with E-state index in [0.29, 0.717) is 23.2 Å². The van der Waals surface area contributed by atoms with E-state index in [2.05, 4.69) is 49.0 Å². The summed E-state index contributed by atoms with van der Waals surface area (Å²) in [5.41, 5.74) is 2.25. The van der Waals surface area contributed by atoms with Crippen LogP contribution in [0.25, 0.3) is 0 Å². The molecular weight excluding hydrogens is 340 g/mol. The molecular formula is C21H36N4O2. The summed E-state index contributed by atoms with van der Waals surface area (Å²) in [6.07, 6.45) is 1.84. The van der Waals surface area contributed by atoms with Gasteiger partial charge < -0.3 is 21.3 Å². The van der Waals surface area contributed by atoms with Gasteiger partial charge in [0.25, 0.3) is 0 Å².